The first-order chi connectivity index (χ1) is 31.6. The molecule has 13 nitrogen and oxygen atoms in total. The van der Waals surface area contributed by atoms with Gasteiger partial charge in [0, 0.05) is 75.2 Å². The first-order valence-corrected chi connectivity index (χ1v) is 24.6. The highest BCUT2D eigenvalue weighted by Crippen LogP contribution is 2.40. The number of nitrogens with zero attached hydrogens (tertiary/aromatic N) is 8. The number of aromatic hydroxyl groups is 1. The number of halogens is 1. The van der Waals surface area contributed by atoms with Crippen LogP contribution in [0.5, 0.6) is 11.8 Å². The quantitative estimate of drug-likeness (QED) is 0.118. The number of phenols is 1. The molecule has 3 aromatic heterocycles. The Morgan fingerprint density at radius 3 is 2.42 bits per heavy atom. The Bertz CT molecular complexity index is 2490. The van der Waals surface area contributed by atoms with Gasteiger partial charge < -0.3 is 34.4 Å². The van der Waals surface area contributed by atoms with Crippen LogP contribution < -0.4 is 19.9 Å². The van der Waals surface area contributed by atoms with Crippen molar-refractivity contribution in [3.63, 3.8) is 0 Å². The van der Waals surface area contributed by atoms with Gasteiger partial charge in [-0.1, -0.05) is 44.1 Å². The first-order valence-electron chi connectivity index (χ1n) is 24.6. The van der Waals surface area contributed by atoms with E-state index in [1.54, 1.807) is 18.3 Å². The number of carbonyl (C=O) groups is 1. The van der Waals surface area contributed by atoms with Crippen molar-refractivity contribution < 1.29 is 23.6 Å². The molecule has 2 N–H and O–H groups in total. The predicted molar refractivity (Wildman–Crippen MR) is 252 cm³/mol. The van der Waals surface area contributed by atoms with Crippen molar-refractivity contribution in [1.82, 2.24) is 35.2 Å². The average Bonchev–Trinajstić information content (AvgIpc) is 4.06. The lowest BCUT2D eigenvalue weighted by Gasteiger charge is -2.36. The number of rotatable bonds is 13. The van der Waals surface area contributed by atoms with Crippen LogP contribution in [-0.2, 0) is 11.2 Å². The van der Waals surface area contributed by atoms with Crippen molar-refractivity contribution >= 4 is 39.2 Å². The van der Waals surface area contributed by atoms with Gasteiger partial charge in [0.1, 0.15) is 35.3 Å². The molecule has 10 rings (SSSR count). The number of carbonyl (C=O) groups excluding carboxylic acids is 1. The zero-order chi connectivity index (χ0) is 44.8. The van der Waals surface area contributed by atoms with Crippen LogP contribution in [0.4, 0.5) is 16.0 Å². The van der Waals surface area contributed by atoms with Crippen molar-refractivity contribution in [3.8, 4) is 23.0 Å². The number of aryl methyl sites for hydroxylation is 1. The Morgan fingerprint density at radius 1 is 0.954 bits per heavy atom. The summed E-state index contributed by atoms with van der Waals surface area (Å²) in [5.74, 6) is 3.15. The molecule has 0 spiro atoms. The highest BCUT2D eigenvalue weighted by Gasteiger charge is 2.37. The summed E-state index contributed by atoms with van der Waals surface area (Å²) in [7, 11) is 0. The molecule has 14 heteroatoms. The second-order valence-corrected chi connectivity index (χ2v) is 20.0. The van der Waals surface area contributed by atoms with Gasteiger partial charge in [0.05, 0.1) is 5.39 Å². The molecule has 8 heterocycles. The zero-order valence-corrected chi connectivity index (χ0v) is 38.6. The monoisotopic (exact) mass is 888 g/mol. The number of benzene rings is 2. The van der Waals surface area contributed by atoms with E-state index in [1.807, 2.05) is 29.2 Å². The number of phenolic OH excluding ortho intramolecular Hbond substituents is 1. The molecule has 2 aromatic carbocycles. The molecule has 0 saturated carbocycles. The number of piperidine rings is 2. The van der Waals surface area contributed by atoms with Crippen molar-refractivity contribution in [2.45, 2.75) is 116 Å². The summed E-state index contributed by atoms with van der Waals surface area (Å²) in [5, 5.41) is 21.2. The molecule has 5 aliphatic rings. The van der Waals surface area contributed by atoms with Crippen LogP contribution in [0, 0.1) is 23.6 Å². The number of hydrogen-bond acceptors (Lipinski definition) is 12. The zero-order valence-electron chi connectivity index (χ0n) is 38.6. The molecule has 2 bridgehead atoms. The maximum absolute atomic E-state index is 17.0. The minimum Gasteiger partial charge on any atom is -0.508 e. The number of ether oxygens (including phenoxy) is 1. The van der Waals surface area contributed by atoms with Gasteiger partial charge in [0.15, 0.2) is 17.4 Å². The second-order valence-electron chi connectivity index (χ2n) is 20.0. The summed E-state index contributed by atoms with van der Waals surface area (Å²) in [6.07, 6.45) is 12.7. The Hall–Kier alpha value is -5.08. The van der Waals surface area contributed by atoms with Gasteiger partial charge in [-0.05, 0) is 130 Å². The largest absolute Gasteiger partial charge is 0.508 e. The highest BCUT2D eigenvalue weighted by atomic mass is 19.1. The van der Waals surface area contributed by atoms with Gasteiger partial charge in [-0.2, -0.15) is 9.97 Å². The number of piperazine rings is 1. The smallest absolute Gasteiger partial charge is 0.319 e. The van der Waals surface area contributed by atoms with E-state index < -0.39 is 5.82 Å². The standard InChI is InChI=1S/C51H66FN9O4/c1-5-35-9-6-10-36-25-39(62)26-40(45(35)36)47-46(52)48-41(28-53-47)49(60-29-37-11-12-38(30-60)54-37)56-51(55-48)64-23-22-58-18-13-33(14-19-58)24-34-15-20-59(21-16-34)43-27-42(65-57-43)44(31(2)3)50(63)61-17-7-8-32(61)4/h6,9-10,25-28,31-34,37-38,44,54,62H,5,7-8,11-24,29-30H2,1-4H3. The van der Waals surface area contributed by atoms with Gasteiger partial charge in [-0.15, -0.1) is 0 Å². The Morgan fingerprint density at radius 2 is 1.71 bits per heavy atom. The third-order valence-corrected chi connectivity index (χ3v) is 15.4. The van der Waals surface area contributed by atoms with Crippen LogP contribution in [0.25, 0.3) is 32.9 Å². The van der Waals surface area contributed by atoms with E-state index in [1.165, 1.54) is 19.3 Å². The minimum atomic E-state index is -0.539. The Kier molecular flexibility index (Phi) is 12.6. The molecule has 1 amide bonds. The number of aromatic nitrogens is 4. The average molecular weight is 888 g/mol. The molecule has 5 fully saturated rings. The molecular weight excluding hydrogens is 822 g/mol. The molecule has 346 valence electrons. The summed E-state index contributed by atoms with van der Waals surface area (Å²) in [6.45, 7) is 15.9. The molecule has 0 aliphatic carbocycles. The van der Waals surface area contributed by atoms with Crippen molar-refractivity contribution in [3.05, 3.63) is 59.7 Å². The second kappa shape index (κ2) is 18.7. The number of hydrogen-bond donors (Lipinski definition) is 2. The van der Waals surface area contributed by atoms with Gasteiger partial charge >= 0.3 is 6.01 Å². The molecule has 4 atom stereocenters. The molecule has 65 heavy (non-hydrogen) atoms. The van der Waals surface area contributed by atoms with E-state index in [4.69, 9.17) is 24.2 Å². The number of amides is 1. The lowest BCUT2D eigenvalue weighted by Crippen LogP contribution is -2.51. The number of likely N-dealkylation sites (tertiary alicyclic amines) is 2. The maximum atomic E-state index is 17.0. The number of fused-ring (bicyclic) bond motifs is 4. The van der Waals surface area contributed by atoms with Crippen LogP contribution >= 0.6 is 0 Å². The van der Waals surface area contributed by atoms with Gasteiger partial charge in [0.25, 0.3) is 0 Å². The van der Waals surface area contributed by atoms with E-state index in [9.17, 15) is 9.90 Å². The Balaban J connectivity index is 0.761. The Labute approximate surface area is 382 Å². The SMILES string of the molecule is CCc1cccc2cc(O)cc(-c3ncc4c(N5CC6CCC(C5)N6)nc(OCCN5CCC(CC6CCN(c7cc(C(C(=O)N8CCCC8C)C(C)C)on7)CC6)CC5)nc4c3F)c12. The van der Waals surface area contributed by atoms with Gasteiger partial charge in [-0.3, -0.25) is 14.7 Å². The fraction of sp³-hybridized carbons (Fsp3) is 0.588. The minimum absolute atomic E-state index is 0.0618. The number of nitrogens with one attached hydrogen (secondary N) is 1. The fourth-order valence-electron chi connectivity index (χ4n) is 11.8. The summed E-state index contributed by atoms with van der Waals surface area (Å²) in [5.41, 5.74) is 1.95. The van der Waals surface area contributed by atoms with Gasteiger partial charge in [0.2, 0.25) is 5.91 Å². The predicted octanol–water partition coefficient (Wildman–Crippen LogP) is 8.33. The number of anilines is 2. The van der Waals surface area contributed by atoms with E-state index in [0.717, 1.165) is 119 Å². The van der Waals surface area contributed by atoms with Crippen LogP contribution in [0.15, 0.2) is 47.1 Å². The van der Waals surface area contributed by atoms with Crippen LogP contribution in [0.3, 0.4) is 0 Å². The summed E-state index contributed by atoms with van der Waals surface area (Å²) < 4.78 is 29.3. The first kappa shape index (κ1) is 43.8. The van der Waals surface area contributed by atoms with Crippen molar-refractivity contribution in [2.24, 2.45) is 17.8 Å². The summed E-state index contributed by atoms with van der Waals surface area (Å²) in [6, 6.07) is 12.5. The lowest BCUT2D eigenvalue weighted by molar-refractivity contribution is -0.134. The van der Waals surface area contributed by atoms with Crippen molar-refractivity contribution in [2.75, 3.05) is 68.8 Å². The summed E-state index contributed by atoms with van der Waals surface area (Å²) >= 11 is 0. The van der Waals surface area contributed by atoms with Crippen LogP contribution in [0.1, 0.15) is 103 Å². The lowest BCUT2D eigenvalue weighted by atomic mass is 9.83. The molecule has 5 aliphatic heterocycles. The molecule has 5 saturated heterocycles. The van der Waals surface area contributed by atoms with Crippen LogP contribution in [0.2, 0.25) is 0 Å². The van der Waals surface area contributed by atoms with Crippen molar-refractivity contribution in [1.29, 1.82) is 0 Å². The fourth-order valence-corrected chi connectivity index (χ4v) is 11.8. The number of pyridine rings is 1. The van der Waals surface area contributed by atoms with Crippen LogP contribution in [-0.4, -0.2) is 118 Å². The third-order valence-electron chi connectivity index (χ3n) is 15.4. The normalized spacial score (nSPS) is 22.8. The topological polar surface area (TPSA) is 136 Å². The van der Waals surface area contributed by atoms with E-state index in [-0.39, 0.29) is 46.8 Å². The third kappa shape index (κ3) is 8.97. The highest BCUT2D eigenvalue weighted by molar-refractivity contribution is 6.01. The van der Waals surface area contributed by atoms with Gasteiger partial charge in [-0.25, -0.2) is 4.39 Å². The summed E-state index contributed by atoms with van der Waals surface area (Å²) in [4.78, 5) is 37.1. The molecule has 5 aromatic rings. The molecular formula is C51H66FN9O4. The van der Waals surface area contributed by atoms with E-state index in [2.05, 4.69) is 52.9 Å². The van der Waals surface area contributed by atoms with E-state index >= 15 is 4.39 Å². The molecule has 4 unspecified atom stereocenters. The van der Waals surface area contributed by atoms with E-state index in [0.29, 0.717) is 53.1 Å². The molecule has 0 radical (unpaired) electrons. The maximum Gasteiger partial charge on any atom is 0.319 e.